The van der Waals surface area contributed by atoms with Gasteiger partial charge in [-0.25, -0.2) is 0 Å². The number of piperazine rings is 1. The van der Waals surface area contributed by atoms with Gasteiger partial charge < -0.3 is 10.2 Å². The molecule has 1 saturated carbocycles. The van der Waals surface area contributed by atoms with E-state index < -0.39 is 5.54 Å². The first-order valence-electron chi connectivity index (χ1n) is 8.70. The number of carbonyl (C=O) groups is 2. The largest absolute Gasteiger partial charge is 0.340 e. The van der Waals surface area contributed by atoms with Crippen molar-refractivity contribution in [3.8, 4) is 0 Å². The predicted molar refractivity (Wildman–Crippen MR) is 83.9 cm³/mol. The molecule has 2 amide bonds. The van der Waals surface area contributed by atoms with Gasteiger partial charge in [-0.05, 0) is 32.6 Å². The summed E-state index contributed by atoms with van der Waals surface area (Å²) in [5.41, 5.74) is -0.596. The molecular weight excluding hydrogens is 264 g/mol. The zero-order valence-electron chi connectivity index (χ0n) is 13.8. The first-order chi connectivity index (χ1) is 10.1. The van der Waals surface area contributed by atoms with E-state index in [0.717, 1.165) is 51.4 Å². The van der Waals surface area contributed by atoms with Crippen molar-refractivity contribution in [2.24, 2.45) is 0 Å². The molecular formula is C17H30N2O2. The summed E-state index contributed by atoms with van der Waals surface area (Å²) in [4.78, 5) is 27.7. The fourth-order valence-corrected chi connectivity index (χ4v) is 3.99. The minimum absolute atomic E-state index is 0.0707. The van der Waals surface area contributed by atoms with Gasteiger partial charge >= 0.3 is 0 Å². The molecule has 2 rings (SSSR count). The van der Waals surface area contributed by atoms with Crippen molar-refractivity contribution in [2.75, 3.05) is 0 Å². The van der Waals surface area contributed by atoms with Gasteiger partial charge in [-0.15, -0.1) is 0 Å². The molecule has 0 aromatic heterocycles. The minimum Gasteiger partial charge on any atom is -0.340 e. The van der Waals surface area contributed by atoms with E-state index in [1.54, 1.807) is 0 Å². The third kappa shape index (κ3) is 3.09. The lowest BCUT2D eigenvalue weighted by Gasteiger charge is -2.49. The van der Waals surface area contributed by atoms with Crippen LogP contribution in [0.3, 0.4) is 0 Å². The zero-order valence-corrected chi connectivity index (χ0v) is 13.8. The molecule has 4 nitrogen and oxygen atoms in total. The first-order valence-corrected chi connectivity index (χ1v) is 8.70. The Morgan fingerprint density at radius 1 is 1.19 bits per heavy atom. The third-order valence-corrected chi connectivity index (χ3v) is 5.10. The molecule has 2 unspecified atom stereocenters. The number of carbonyl (C=O) groups excluding carboxylic acids is 2. The molecule has 21 heavy (non-hydrogen) atoms. The lowest BCUT2D eigenvalue weighted by Crippen LogP contribution is -2.72. The van der Waals surface area contributed by atoms with Crippen LogP contribution in [0.15, 0.2) is 0 Å². The molecule has 1 aliphatic carbocycles. The Labute approximate surface area is 128 Å². The molecule has 4 heteroatoms. The van der Waals surface area contributed by atoms with Crippen LogP contribution in [0.5, 0.6) is 0 Å². The van der Waals surface area contributed by atoms with E-state index in [-0.39, 0.29) is 23.9 Å². The number of rotatable bonds is 5. The van der Waals surface area contributed by atoms with Gasteiger partial charge in [-0.3, -0.25) is 9.59 Å². The molecule has 1 N–H and O–H groups in total. The maximum absolute atomic E-state index is 13.2. The van der Waals surface area contributed by atoms with Crippen LogP contribution >= 0.6 is 0 Å². The summed E-state index contributed by atoms with van der Waals surface area (Å²) in [6, 6.07) is -0.111. The van der Waals surface area contributed by atoms with Crippen molar-refractivity contribution in [3.63, 3.8) is 0 Å². The molecule has 1 saturated heterocycles. The SMILES string of the molecule is CCCC(C)N1C(=O)C2(CCCCC2)NC(=O)C1CCC. The molecule has 1 spiro atoms. The van der Waals surface area contributed by atoms with Gasteiger partial charge in [0.15, 0.2) is 0 Å². The quantitative estimate of drug-likeness (QED) is 0.847. The van der Waals surface area contributed by atoms with Gasteiger partial charge in [-0.2, -0.15) is 0 Å². The molecule has 1 aliphatic heterocycles. The van der Waals surface area contributed by atoms with E-state index in [0.29, 0.717) is 0 Å². The second kappa shape index (κ2) is 6.80. The summed E-state index contributed by atoms with van der Waals surface area (Å²) in [5, 5.41) is 3.11. The summed E-state index contributed by atoms with van der Waals surface area (Å²) in [6.45, 7) is 6.31. The fraction of sp³-hybridized carbons (Fsp3) is 0.882. The number of hydrogen-bond donors (Lipinski definition) is 1. The van der Waals surface area contributed by atoms with Gasteiger partial charge in [0.2, 0.25) is 11.8 Å². The molecule has 120 valence electrons. The van der Waals surface area contributed by atoms with Crippen molar-refractivity contribution >= 4 is 11.8 Å². The Balaban J connectivity index is 2.28. The van der Waals surface area contributed by atoms with Crippen molar-refractivity contribution < 1.29 is 9.59 Å². The highest BCUT2D eigenvalue weighted by atomic mass is 16.2. The van der Waals surface area contributed by atoms with E-state index in [9.17, 15) is 9.59 Å². The average molecular weight is 294 g/mol. The number of amides is 2. The van der Waals surface area contributed by atoms with E-state index in [2.05, 4.69) is 26.1 Å². The maximum atomic E-state index is 13.2. The van der Waals surface area contributed by atoms with Crippen LogP contribution in [-0.2, 0) is 9.59 Å². The Morgan fingerprint density at radius 3 is 2.43 bits per heavy atom. The van der Waals surface area contributed by atoms with Crippen LogP contribution in [0.25, 0.3) is 0 Å². The molecule has 0 aromatic carbocycles. The molecule has 1 heterocycles. The van der Waals surface area contributed by atoms with Crippen molar-refractivity contribution in [1.29, 1.82) is 0 Å². The highest BCUT2D eigenvalue weighted by Crippen LogP contribution is 2.35. The Kier molecular flexibility index (Phi) is 5.28. The molecule has 2 aliphatic rings. The van der Waals surface area contributed by atoms with Crippen LogP contribution in [0.1, 0.15) is 78.6 Å². The Morgan fingerprint density at radius 2 is 1.86 bits per heavy atom. The van der Waals surface area contributed by atoms with E-state index in [1.807, 2.05) is 4.90 Å². The van der Waals surface area contributed by atoms with Gasteiger partial charge in [0, 0.05) is 6.04 Å². The Bertz CT molecular complexity index is 388. The van der Waals surface area contributed by atoms with E-state index in [4.69, 9.17) is 0 Å². The summed E-state index contributed by atoms with van der Waals surface area (Å²) in [7, 11) is 0. The van der Waals surface area contributed by atoms with Crippen LogP contribution < -0.4 is 5.32 Å². The summed E-state index contributed by atoms with van der Waals surface area (Å²) in [6.07, 6.45) is 8.58. The Hall–Kier alpha value is -1.06. The monoisotopic (exact) mass is 294 g/mol. The number of hydrogen-bond acceptors (Lipinski definition) is 2. The summed E-state index contributed by atoms with van der Waals surface area (Å²) in [5.74, 6) is 0.252. The standard InChI is InChI=1S/C17H30N2O2/c1-4-9-13(3)19-14(10-5-2)15(20)18-17(16(19)21)11-7-6-8-12-17/h13-14H,4-12H2,1-3H3,(H,18,20). The number of nitrogens with zero attached hydrogens (tertiary/aromatic N) is 1. The van der Waals surface area contributed by atoms with Crippen LogP contribution in [0.4, 0.5) is 0 Å². The van der Waals surface area contributed by atoms with Gasteiger partial charge in [0.05, 0.1) is 0 Å². The normalized spacial score (nSPS) is 26.8. The molecule has 0 radical (unpaired) electrons. The smallest absolute Gasteiger partial charge is 0.249 e. The van der Waals surface area contributed by atoms with Crippen molar-refractivity contribution in [3.05, 3.63) is 0 Å². The maximum Gasteiger partial charge on any atom is 0.249 e. The molecule has 0 bridgehead atoms. The second-order valence-electron chi connectivity index (χ2n) is 6.79. The van der Waals surface area contributed by atoms with Gasteiger partial charge in [0.25, 0.3) is 0 Å². The average Bonchev–Trinajstić information content (AvgIpc) is 2.46. The third-order valence-electron chi connectivity index (χ3n) is 5.10. The lowest BCUT2D eigenvalue weighted by atomic mass is 9.77. The predicted octanol–water partition coefficient (Wildman–Crippen LogP) is 3.01. The van der Waals surface area contributed by atoms with Crippen LogP contribution in [0, 0.1) is 0 Å². The highest BCUT2D eigenvalue weighted by Gasteiger charge is 2.51. The topological polar surface area (TPSA) is 49.4 Å². The second-order valence-corrected chi connectivity index (χ2v) is 6.79. The van der Waals surface area contributed by atoms with Gasteiger partial charge in [-0.1, -0.05) is 46.0 Å². The molecule has 0 aromatic rings. The first kappa shape index (κ1) is 16.3. The van der Waals surface area contributed by atoms with Crippen LogP contribution in [0.2, 0.25) is 0 Å². The van der Waals surface area contributed by atoms with Crippen LogP contribution in [-0.4, -0.2) is 34.3 Å². The fourth-order valence-electron chi connectivity index (χ4n) is 3.99. The van der Waals surface area contributed by atoms with E-state index >= 15 is 0 Å². The summed E-state index contributed by atoms with van der Waals surface area (Å²) >= 11 is 0. The van der Waals surface area contributed by atoms with Crippen molar-refractivity contribution in [1.82, 2.24) is 10.2 Å². The zero-order chi connectivity index (χ0) is 15.5. The molecule has 2 atom stereocenters. The van der Waals surface area contributed by atoms with Gasteiger partial charge in [0.1, 0.15) is 11.6 Å². The van der Waals surface area contributed by atoms with Crippen molar-refractivity contribution in [2.45, 2.75) is 96.2 Å². The highest BCUT2D eigenvalue weighted by molar-refractivity contribution is 6.00. The minimum atomic E-state index is -0.596. The summed E-state index contributed by atoms with van der Waals surface area (Å²) < 4.78 is 0. The van der Waals surface area contributed by atoms with E-state index in [1.165, 1.54) is 6.42 Å². The lowest BCUT2D eigenvalue weighted by molar-refractivity contribution is -0.159. The molecule has 2 fully saturated rings. The number of nitrogens with one attached hydrogen (secondary N) is 1.